The molecular weight excluding hydrogens is 262 g/mol. The fourth-order valence-corrected chi connectivity index (χ4v) is 4.44. The van der Waals surface area contributed by atoms with Crippen LogP contribution in [0.5, 0.6) is 0 Å². The first-order chi connectivity index (χ1) is 10.1. The van der Waals surface area contributed by atoms with Gasteiger partial charge in [0.1, 0.15) is 0 Å². The van der Waals surface area contributed by atoms with E-state index in [9.17, 15) is 5.11 Å². The van der Waals surface area contributed by atoms with Gasteiger partial charge in [-0.05, 0) is 65.2 Å². The van der Waals surface area contributed by atoms with Gasteiger partial charge in [0.15, 0.2) is 0 Å². The van der Waals surface area contributed by atoms with Crippen LogP contribution in [-0.4, -0.2) is 72.4 Å². The van der Waals surface area contributed by atoms with Crippen LogP contribution in [0.25, 0.3) is 0 Å². The average Bonchev–Trinajstić information content (AvgIpc) is 2.95. The molecule has 0 amide bonds. The first kappa shape index (κ1) is 17.2. The molecule has 2 fully saturated rings. The third kappa shape index (κ3) is 4.19. The van der Waals surface area contributed by atoms with Gasteiger partial charge in [0.25, 0.3) is 0 Å². The van der Waals surface area contributed by atoms with E-state index >= 15 is 0 Å². The second kappa shape index (κ2) is 7.91. The average molecular weight is 297 g/mol. The third-order valence-electron chi connectivity index (χ3n) is 5.70. The van der Waals surface area contributed by atoms with Gasteiger partial charge < -0.3 is 15.3 Å². The summed E-state index contributed by atoms with van der Waals surface area (Å²) in [5.41, 5.74) is -0.0357. The van der Waals surface area contributed by atoms with Gasteiger partial charge in [0.2, 0.25) is 0 Å². The number of likely N-dealkylation sites (N-methyl/N-ethyl adjacent to an activating group) is 3. The topological polar surface area (TPSA) is 38.7 Å². The van der Waals surface area contributed by atoms with E-state index in [0.717, 1.165) is 25.4 Å². The molecule has 0 bridgehead atoms. The first-order valence-corrected chi connectivity index (χ1v) is 8.94. The van der Waals surface area contributed by atoms with Crippen molar-refractivity contribution in [3.05, 3.63) is 0 Å². The minimum atomic E-state index is -0.0357. The zero-order valence-corrected chi connectivity index (χ0v) is 14.3. The number of hydrogen-bond acceptors (Lipinski definition) is 4. The third-order valence-corrected chi connectivity index (χ3v) is 5.70. The molecule has 3 atom stereocenters. The van der Waals surface area contributed by atoms with E-state index in [-0.39, 0.29) is 12.1 Å². The Bertz CT molecular complexity index is 308. The Kier molecular flexibility index (Phi) is 6.48. The molecule has 0 radical (unpaired) electrons. The molecule has 3 unspecified atom stereocenters. The Morgan fingerprint density at radius 1 is 1.29 bits per heavy atom. The standard InChI is InChI=1S/C17H35N3O/c1-4-18-17(14-21)10-6-8-15(12-17)19(3)13-16-9-7-11-20(16)5-2/h15-16,18,21H,4-14H2,1-3H3. The molecule has 0 aromatic carbocycles. The molecule has 1 saturated carbocycles. The van der Waals surface area contributed by atoms with Gasteiger partial charge in [-0.3, -0.25) is 4.90 Å². The van der Waals surface area contributed by atoms with Gasteiger partial charge in [-0.2, -0.15) is 0 Å². The highest BCUT2D eigenvalue weighted by atomic mass is 16.3. The zero-order chi connectivity index (χ0) is 15.3. The second-order valence-electron chi connectivity index (χ2n) is 7.08. The minimum Gasteiger partial charge on any atom is -0.394 e. The van der Waals surface area contributed by atoms with Crippen molar-refractivity contribution in [3.63, 3.8) is 0 Å². The highest BCUT2D eigenvalue weighted by Gasteiger charge is 2.37. The van der Waals surface area contributed by atoms with Crippen molar-refractivity contribution >= 4 is 0 Å². The predicted molar refractivity (Wildman–Crippen MR) is 88.6 cm³/mol. The monoisotopic (exact) mass is 297 g/mol. The Morgan fingerprint density at radius 2 is 2.10 bits per heavy atom. The van der Waals surface area contributed by atoms with Crippen LogP contribution in [0.2, 0.25) is 0 Å². The highest BCUT2D eigenvalue weighted by Crippen LogP contribution is 2.31. The lowest BCUT2D eigenvalue weighted by Crippen LogP contribution is -2.56. The summed E-state index contributed by atoms with van der Waals surface area (Å²) >= 11 is 0. The Labute approximate surface area is 130 Å². The second-order valence-corrected chi connectivity index (χ2v) is 7.08. The molecule has 2 aliphatic rings. The lowest BCUT2D eigenvalue weighted by molar-refractivity contribution is 0.0608. The molecule has 1 saturated heterocycles. The highest BCUT2D eigenvalue weighted by molar-refractivity contribution is 4.96. The first-order valence-electron chi connectivity index (χ1n) is 8.94. The Balaban J connectivity index is 1.90. The van der Waals surface area contributed by atoms with E-state index in [2.05, 4.69) is 36.0 Å². The maximum absolute atomic E-state index is 9.85. The van der Waals surface area contributed by atoms with Crippen LogP contribution in [0, 0.1) is 0 Å². The largest absolute Gasteiger partial charge is 0.394 e. The van der Waals surface area contributed by atoms with Crippen LogP contribution in [0.4, 0.5) is 0 Å². The van der Waals surface area contributed by atoms with Crippen LogP contribution in [0.15, 0.2) is 0 Å². The summed E-state index contributed by atoms with van der Waals surface area (Å²) in [5.74, 6) is 0. The molecule has 0 aromatic rings. The molecule has 1 aliphatic heterocycles. The minimum absolute atomic E-state index is 0.0357. The molecule has 124 valence electrons. The Morgan fingerprint density at radius 3 is 2.76 bits per heavy atom. The number of hydrogen-bond donors (Lipinski definition) is 2. The van der Waals surface area contributed by atoms with Gasteiger partial charge in [0, 0.05) is 24.2 Å². The maximum atomic E-state index is 9.85. The van der Waals surface area contributed by atoms with Crippen LogP contribution < -0.4 is 5.32 Å². The summed E-state index contributed by atoms with van der Waals surface area (Å²) in [6.45, 7) is 9.28. The Hall–Kier alpha value is -0.160. The quantitative estimate of drug-likeness (QED) is 0.750. The molecule has 0 spiro atoms. The van der Waals surface area contributed by atoms with Crippen molar-refractivity contribution in [2.24, 2.45) is 0 Å². The molecular formula is C17H35N3O. The molecule has 1 aliphatic carbocycles. The number of nitrogens with one attached hydrogen (secondary N) is 1. The van der Waals surface area contributed by atoms with E-state index in [1.54, 1.807) is 0 Å². The van der Waals surface area contributed by atoms with Crippen LogP contribution in [0.3, 0.4) is 0 Å². The predicted octanol–water partition coefficient (Wildman–Crippen LogP) is 1.69. The number of rotatable bonds is 7. The lowest BCUT2D eigenvalue weighted by atomic mass is 9.78. The SMILES string of the molecule is CCNC1(CO)CCCC(N(C)CC2CCCN2CC)C1. The van der Waals surface area contributed by atoms with Crippen molar-refractivity contribution in [2.75, 3.05) is 39.8 Å². The maximum Gasteiger partial charge on any atom is 0.0613 e. The molecule has 4 nitrogen and oxygen atoms in total. The van der Waals surface area contributed by atoms with Crippen molar-refractivity contribution in [1.82, 2.24) is 15.1 Å². The van der Waals surface area contributed by atoms with Crippen molar-refractivity contribution < 1.29 is 5.11 Å². The molecule has 0 aromatic heterocycles. The van der Waals surface area contributed by atoms with Crippen LogP contribution in [-0.2, 0) is 0 Å². The van der Waals surface area contributed by atoms with E-state index < -0.39 is 0 Å². The molecule has 4 heteroatoms. The summed E-state index contributed by atoms with van der Waals surface area (Å²) in [6.07, 6.45) is 7.42. The van der Waals surface area contributed by atoms with E-state index in [1.807, 2.05) is 0 Å². The van der Waals surface area contributed by atoms with Crippen LogP contribution >= 0.6 is 0 Å². The fraction of sp³-hybridized carbons (Fsp3) is 1.00. The summed E-state index contributed by atoms with van der Waals surface area (Å²) in [7, 11) is 2.29. The van der Waals surface area contributed by atoms with Crippen LogP contribution in [0.1, 0.15) is 52.4 Å². The van der Waals surface area contributed by atoms with Gasteiger partial charge >= 0.3 is 0 Å². The summed E-state index contributed by atoms with van der Waals surface area (Å²) in [4.78, 5) is 5.20. The number of likely N-dealkylation sites (tertiary alicyclic amines) is 1. The van der Waals surface area contributed by atoms with E-state index in [0.29, 0.717) is 6.04 Å². The molecule has 2 N–H and O–H groups in total. The van der Waals surface area contributed by atoms with Crippen molar-refractivity contribution in [3.8, 4) is 0 Å². The van der Waals surface area contributed by atoms with Gasteiger partial charge in [-0.25, -0.2) is 0 Å². The van der Waals surface area contributed by atoms with Gasteiger partial charge in [0.05, 0.1) is 6.61 Å². The molecule has 2 rings (SSSR count). The van der Waals surface area contributed by atoms with E-state index in [1.165, 1.54) is 45.3 Å². The molecule has 21 heavy (non-hydrogen) atoms. The fourth-order valence-electron chi connectivity index (χ4n) is 4.44. The smallest absolute Gasteiger partial charge is 0.0613 e. The summed E-state index contributed by atoms with van der Waals surface area (Å²) < 4.78 is 0. The number of nitrogens with zero attached hydrogens (tertiary/aromatic N) is 2. The summed E-state index contributed by atoms with van der Waals surface area (Å²) in [5, 5.41) is 13.4. The van der Waals surface area contributed by atoms with Gasteiger partial charge in [-0.15, -0.1) is 0 Å². The van der Waals surface area contributed by atoms with Crippen molar-refractivity contribution in [2.45, 2.75) is 70.0 Å². The normalized spacial score (nSPS) is 34.7. The number of aliphatic hydroxyl groups is 1. The zero-order valence-electron chi connectivity index (χ0n) is 14.3. The van der Waals surface area contributed by atoms with Gasteiger partial charge in [-0.1, -0.05) is 13.8 Å². The van der Waals surface area contributed by atoms with Crippen molar-refractivity contribution in [1.29, 1.82) is 0 Å². The van der Waals surface area contributed by atoms with E-state index in [4.69, 9.17) is 0 Å². The number of aliphatic hydroxyl groups excluding tert-OH is 1. The lowest BCUT2D eigenvalue weighted by Gasteiger charge is -2.44. The molecule has 1 heterocycles. The summed E-state index contributed by atoms with van der Waals surface area (Å²) in [6, 6.07) is 1.36.